The van der Waals surface area contributed by atoms with Crippen molar-refractivity contribution in [2.45, 2.75) is 93.3 Å². The molecule has 0 spiro atoms. The number of nitrogen functional groups attached to an aromatic ring is 1. The summed E-state index contributed by atoms with van der Waals surface area (Å²) in [4.78, 5) is 44.2. The molecule has 0 aromatic carbocycles. The number of thioether (sulfide) groups is 1. The van der Waals surface area contributed by atoms with Gasteiger partial charge in [0.15, 0.2) is 5.13 Å². The highest BCUT2D eigenvalue weighted by Gasteiger charge is 2.64. The summed E-state index contributed by atoms with van der Waals surface area (Å²) in [5, 5.41) is 14.6. The molecule has 0 radical (unpaired) electrons. The Balaban J connectivity index is 1.33. The summed E-state index contributed by atoms with van der Waals surface area (Å²) in [5.41, 5.74) is 6.60. The molecule has 3 heterocycles. The van der Waals surface area contributed by atoms with Gasteiger partial charge in [-0.15, -0.1) is 23.1 Å². The zero-order valence-corrected chi connectivity index (χ0v) is 21.4. The number of aliphatic carboxylic acids is 1. The second kappa shape index (κ2) is 9.00. The van der Waals surface area contributed by atoms with Crippen LogP contribution in [-0.4, -0.2) is 55.0 Å². The third-order valence-electron chi connectivity index (χ3n) is 8.45. The Morgan fingerprint density at radius 1 is 1.26 bits per heavy atom. The first-order chi connectivity index (χ1) is 16.2. The Bertz CT molecular complexity index is 980. The van der Waals surface area contributed by atoms with Gasteiger partial charge in [0.1, 0.15) is 17.5 Å². The maximum absolute atomic E-state index is 13.6. The third kappa shape index (κ3) is 4.10. The number of β-lactam (4-membered cyclic amide) rings is 1. The molecule has 1 aromatic heterocycles. The average Bonchev–Trinajstić information content (AvgIpc) is 3.34. The number of carboxylic acid groups (broad SMARTS) is 1. The van der Waals surface area contributed by atoms with Crippen molar-refractivity contribution < 1.29 is 19.5 Å². The summed E-state index contributed by atoms with van der Waals surface area (Å²) >= 11 is 2.78. The molecule has 0 bridgehead atoms. The number of carbonyl (C=O) groups excluding carboxylic acids is 2. The Morgan fingerprint density at radius 2 is 2.00 bits per heavy atom. The zero-order chi connectivity index (χ0) is 24.2. The largest absolute Gasteiger partial charge is 0.480 e. The number of thiazole rings is 1. The van der Waals surface area contributed by atoms with Crippen molar-refractivity contribution in [1.29, 1.82) is 0 Å². The van der Waals surface area contributed by atoms with E-state index in [0.717, 1.165) is 18.8 Å². The second-order valence-corrected chi connectivity index (χ2v) is 13.5. The first-order valence-corrected chi connectivity index (χ1v) is 14.2. The fourth-order valence-corrected chi connectivity index (χ4v) is 9.13. The molecule has 5 rings (SSSR count). The van der Waals surface area contributed by atoms with E-state index in [1.807, 2.05) is 19.2 Å². The molecule has 186 valence electrons. The van der Waals surface area contributed by atoms with E-state index >= 15 is 0 Å². The number of aromatic nitrogens is 1. The number of fused-ring (bicyclic) bond motifs is 2. The highest BCUT2D eigenvalue weighted by Crippen LogP contribution is 2.51. The zero-order valence-electron chi connectivity index (χ0n) is 19.7. The van der Waals surface area contributed by atoms with E-state index in [1.165, 1.54) is 66.5 Å². The Morgan fingerprint density at radius 3 is 2.71 bits per heavy atom. The lowest BCUT2D eigenvalue weighted by atomic mass is 9.63. The molecule has 8 nitrogen and oxygen atoms in total. The number of nitrogens with one attached hydrogen (secondary N) is 1. The van der Waals surface area contributed by atoms with Gasteiger partial charge in [-0.3, -0.25) is 9.59 Å². The maximum atomic E-state index is 13.6. The van der Waals surface area contributed by atoms with E-state index < -0.39 is 28.7 Å². The number of hydrogen-bond acceptors (Lipinski definition) is 7. The van der Waals surface area contributed by atoms with Crippen LogP contribution in [0.5, 0.6) is 0 Å². The monoisotopic (exact) mass is 506 g/mol. The van der Waals surface area contributed by atoms with E-state index in [1.54, 1.807) is 0 Å². The summed E-state index contributed by atoms with van der Waals surface area (Å²) in [6.07, 6.45) is 9.48. The molecule has 4 N–H and O–H groups in total. The highest BCUT2D eigenvalue weighted by atomic mass is 32.2. The van der Waals surface area contributed by atoms with Crippen molar-refractivity contribution in [2.24, 2.45) is 17.8 Å². The number of nitrogens with two attached hydrogens (primary N) is 1. The summed E-state index contributed by atoms with van der Waals surface area (Å²) in [5.74, 6) is -0.0593. The summed E-state index contributed by atoms with van der Waals surface area (Å²) in [7, 11) is 0. The lowest BCUT2D eigenvalue weighted by Crippen LogP contribution is -2.70. The molecule has 2 saturated heterocycles. The van der Waals surface area contributed by atoms with Crippen LogP contribution in [0, 0.1) is 17.8 Å². The quantitative estimate of drug-likeness (QED) is 0.505. The number of amides is 2. The smallest absolute Gasteiger partial charge is 0.327 e. The second-order valence-electron chi connectivity index (χ2n) is 10.9. The van der Waals surface area contributed by atoms with Gasteiger partial charge in [-0.25, -0.2) is 9.78 Å². The average molecular weight is 507 g/mol. The van der Waals surface area contributed by atoms with Gasteiger partial charge in [0.05, 0.1) is 11.6 Å². The van der Waals surface area contributed by atoms with Gasteiger partial charge in [0.2, 0.25) is 11.8 Å². The molecule has 4 aliphatic rings. The Labute approximate surface area is 208 Å². The first kappa shape index (κ1) is 23.9. The van der Waals surface area contributed by atoms with Gasteiger partial charge in [0.25, 0.3) is 0 Å². The predicted octanol–water partition coefficient (Wildman–Crippen LogP) is 3.44. The van der Waals surface area contributed by atoms with Gasteiger partial charge in [-0.1, -0.05) is 38.5 Å². The van der Waals surface area contributed by atoms with Crippen LogP contribution >= 0.6 is 23.1 Å². The van der Waals surface area contributed by atoms with Gasteiger partial charge in [0, 0.05) is 10.1 Å². The highest BCUT2D eigenvalue weighted by molar-refractivity contribution is 8.01. The van der Waals surface area contributed by atoms with Crippen LogP contribution in [0.15, 0.2) is 5.38 Å². The van der Waals surface area contributed by atoms with E-state index in [0.29, 0.717) is 22.7 Å². The number of carboxylic acids is 1. The molecule has 2 aliphatic heterocycles. The number of nitrogens with zero attached hydrogens (tertiary/aromatic N) is 2. The van der Waals surface area contributed by atoms with Crippen LogP contribution in [0.1, 0.15) is 76.8 Å². The molecular formula is C24H34N4O4S2. The van der Waals surface area contributed by atoms with Crippen LogP contribution in [0.4, 0.5) is 5.13 Å². The molecule has 2 aliphatic carbocycles. The number of anilines is 1. The van der Waals surface area contributed by atoms with Crippen molar-refractivity contribution in [1.82, 2.24) is 15.2 Å². The lowest BCUT2D eigenvalue weighted by molar-refractivity contribution is -0.161. The minimum atomic E-state index is -1.01. The SMILES string of the molecule is CC1(C)S[C@@H]2[C@H](NC(=O)C(CC3CCCC4CCCCC43)c3csc(N)n3)C(=O)N2[C@H]1C(=O)O. The molecule has 7 atom stereocenters. The molecular weight excluding hydrogens is 472 g/mol. The predicted molar refractivity (Wildman–Crippen MR) is 132 cm³/mol. The van der Waals surface area contributed by atoms with Crippen molar-refractivity contribution >= 4 is 46.0 Å². The summed E-state index contributed by atoms with van der Waals surface area (Å²) in [6.45, 7) is 3.68. The number of carbonyl (C=O) groups is 3. The standard InChI is InChI=1S/C24H34N4O4S2/c1-24(2)18(22(31)32)28-20(30)17(21(28)34-24)27-19(29)15(16-11-33-23(25)26-16)10-13-8-5-7-12-6-3-4-9-14(12)13/h11-15,17-18,21H,3-10H2,1-2H3,(H2,25,26)(H,27,29)(H,31,32)/t12?,13?,14?,15?,17-,18+,21-/m1/s1. The van der Waals surface area contributed by atoms with Crippen LogP contribution in [-0.2, 0) is 14.4 Å². The molecule has 4 unspecified atom stereocenters. The summed E-state index contributed by atoms with van der Waals surface area (Å²) < 4.78 is -0.619. The Hall–Kier alpha value is -1.81. The van der Waals surface area contributed by atoms with Gasteiger partial charge >= 0.3 is 5.97 Å². The summed E-state index contributed by atoms with van der Waals surface area (Å²) in [6, 6.07) is -1.59. The van der Waals surface area contributed by atoms with Gasteiger partial charge in [-0.2, -0.15) is 0 Å². The van der Waals surface area contributed by atoms with Crippen molar-refractivity contribution in [3.63, 3.8) is 0 Å². The molecule has 10 heteroatoms. The van der Waals surface area contributed by atoms with Crippen molar-refractivity contribution in [2.75, 3.05) is 5.73 Å². The third-order valence-corrected chi connectivity index (χ3v) is 10.7. The topological polar surface area (TPSA) is 126 Å². The fourth-order valence-electron chi connectivity index (χ4n) is 6.89. The minimum Gasteiger partial charge on any atom is -0.480 e. The van der Waals surface area contributed by atoms with Crippen molar-refractivity contribution in [3.8, 4) is 0 Å². The molecule has 4 fully saturated rings. The van der Waals surface area contributed by atoms with Crippen LogP contribution < -0.4 is 11.1 Å². The van der Waals surface area contributed by atoms with E-state index in [-0.39, 0.29) is 17.2 Å². The Kier molecular flexibility index (Phi) is 6.33. The normalized spacial score (nSPS) is 35.1. The first-order valence-electron chi connectivity index (χ1n) is 12.4. The number of hydrogen-bond donors (Lipinski definition) is 3. The van der Waals surface area contributed by atoms with Crippen LogP contribution in [0.25, 0.3) is 0 Å². The van der Waals surface area contributed by atoms with E-state index in [2.05, 4.69) is 10.3 Å². The molecule has 1 aromatic rings. The van der Waals surface area contributed by atoms with Crippen LogP contribution in [0.2, 0.25) is 0 Å². The minimum absolute atomic E-state index is 0.196. The van der Waals surface area contributed by atoms with E-state index in [4.69, 9.17) is 5.73 Å². The van der Waals surface area contributed by atoms with Crippen LogP contribution in [0.3, 0.4) is 0 Å². The maximum Gasteiger partial charge on any atom is 0.327 e. The molecule has 2 saturated carbocycles. The fraction of sp³-hybridized carbons (Fsp3) is 0.750. The van der Waals surface area contributed by atoms with E-state index in [9.17, 15) is 19.5 Å². The van der Waals surface area contributed by atoms with Crippen molar-refractivity contribution in [3.05, 3.63) is 11.1 Å². The number of rotatable bonds is 6. The van der Waals surface area contributed by atoms with Gasteiger partial charge < -0.3 is 21.1 Å². The molecule has 34 heavy (non-hydrogen) atoms. The van der Waals surface area contributed by atoms with Gasteiger partial charge in [-0.05, 0) is 44.4 Å². The molecule has 2 amide bonds. The lowest BCUT2D eigenvalue weighted by Gasteiger charge is -2.44.